The Morgan fingerprint density at radius 3 is 2.19 bits per heavy atom. The third-order valence-electron chi connectivity index (χ3n) is 2.75. The number of hydrogen-bond donors (Lipinski definition) is 1. The van der Waals surface area contributed by atoms with E-state index >= 15 is 0 Å². The highest BCUT2D eigenvalue weighted by atomic mass is 16.3. The monoisotopic (exact) mass is 212 g/mol. The van der Waals surface area contributed by atoms with E-state index in [0.717, 1.165) is 18.4 Å². The van der Waals surface area contributed by atoms with Crippen molar-refractivity contribution in [3.8, 4) is 5.75 Å². The van der Waals surface area contributed by atoms with Gasteiger partial charge in [0.1, 0.15) is 5.75 Å². The Bertz CT molecular complexity index is 457. The van der Waals surface area contributed by atoms with E-state index in [9.17, 15) is 5.11 Å². The van der Waals surface area contributed by atoms with Gasteiger partial charge in [0.05, 0.1) is 0 Å². The average molecular weight is 212 g/mol. The van der Waals surface area contributed by atoms with Crippen LogP contribution in [0.25, 0.3) is 0 Å². The third kappa shape index (κ3) is 2.63. The molecule has 0 saturated carbocycles. The Morgan fingerprint density at radius 2 is 1.56 bits per heavy atom. The van der Waals surface area contributed by atoms with Crippen molar-refractivity contribution in [1.29, 1.82) is 0 Å². The van der Waals surface area contributed by atoms with Crippen molar-refractivity contribution in [2.45, 2.75) is 19.8 Å². The van der Waals surface area contributed by atoms with Crippen LogP contribution in [-0.2, 0) is 12.8 Å². The van der Waals surface area contributed by atoms with E-state index in [2.05, 4.69) is 31.2 Å². The summed E-state index contributed by atoms with van der Waals surface area (Å²) in [7, 11) is 0. The summed E-state index contributed by atoms with van der Waals surface area (Å²) in [5.74, 6) is 0.336. The van der Waals surface area contributed by atoms with Crippen LogP contribution in [0.3, 0.4) is 0 Å². The molecule has 0 aromatic heterocycles. The molecule has 1 nitrogen and oxygen atoms in total. The van der Waals surface area contributed by atoms with E-state index in [0.29, 0.717) is 5.75 Å². The molecular formula is C15H16O. The van der Waals surface area contributed by atoms with Crippen molar-refractivity contribution >= 4 is 0 Å². The van der Waals surface area contributed by atoms with Crippen LogP contribution < -0.4 is 0 Å². The number of benzene rings is 2. The summed E-state index contributed by atoms with van der Waals surface area (Å²) in [5.41, 5.74) is 3.78. The van der Waals surface area contributed by atoms with Gasteiger partial charge in [0.25, 0.3) is 0 Å². The molecule has 0 heterocycles. The molecule has 2 rings (SSSR count). The van der Waals surface area contributed by atoms with Gasteiger partial charge in [-0.05, 0) is 41.7 Å². The first-order valence-corrected chi connectivity index (χ1v) is 5.63. The van der Waals surface area contributed by atoms with Crippen LogP contribution in [0, 0.1) is 0 Å². The van der Waals surface area contributed by atoms with Crippen molar-refractivity contribution < 1.29 is 5.11 Å². The summed E-state index contributed by atoms with van der Waals surface area (Å²) in [6.45, 7) is 2.16. The van der Waals surface area contributed by atoms with Crippen molar-refractivity contribution in [3.05, 3.63) is 65.2 Å². The minimum absolute atomic E-state index is 0.336. The largest absolute Gasteiger partial charge is 0.508 e. The van der Waals surface area contributed by atoms with Crippen molar-refractivity contribution in [2.75, 3.05) is 0 Å². The lowest BCUT2D eigenvalue weighted by Gasteiger charge is -2.03. The Hall–Kier alpha value is -1.76. The molecule has 0 radical (unpaired) electrons. The fourth-order valence-corrected chi connectivity index (χ4v) is 1.79. The maximum Gasteiger partial charge on any atom is 0.115 e. The number of aryl methyl sites for hydroxylation is 1. The number of hydrogen-bond acceptors (Lipinski definition) is 1. The second kappa shape index (κ2) is 4.84. The molecule has 0 amide bonds. The first-order chi connectivity index (χ1) is 7.78. The van der Waals surface area contributed by atoms with E-state index in [-0.39, 0.29) is 0 Å². The van der Waals surface area contributed by atoms with E-state index in [4.69, 9.17) is 0 Å². The molecule has 82 valence electrons. The first kappa shape index (κ1) is 10.7. The second-order valence-corrected chi connectivity index (χ2v) is 4.02. The van der Waals surface area contributed by atoms with Crippen molar-refractivity contribution in [1.82, 2.24) is 0 Å². The highest BCUT2D eigenvalue weighted by Gasteiger charge is 1.97. The Morgan fingerprint density at radius 1 is 0.875 bits per heavy atom. The predicted octanol–water partition coefficient (Wildman–Crippen LogP) is 3.55. The molecule has 1 heteroatoms. The van der Waals surface area contributed by atoms with Gasteiger partial charge in [-0.2, -0.15) is 0 Å². The quantitative estimate of drug-likeness (QED) is 0.825. The van der Waals surface area contributed by atoms with Crippen molar-refractivity contribution in [2.24, 2.45) is 0 Å². The first-order valence-electron chi connectivity index (χ1n) is 5.63. The summed E-state index contributed by atoms with van der Waals surface area (Å²) in [6, 6.07) is 16.1. The van der Waals surface area contributed by atoms with E-state index in [1.54, 1.807) is 6.07 Å². The lowest BCUT2D eigenvalue weighted by atomic mass is 10.0. The van der Waals surface area contributed by atoms with Crippen LogP contribution in [0.4, 0.5) is 0 Å². The average Bonchev–Trinajstić information content (AvgIpc) is 2.30. The highest BCUT2D eigenvalue weighted by molar-refractivity contribution is 5.32. The van der Waals surface area contributed by atoms with Crippen LogP contribution in [0.15, 0.2) is 48.5 Å². The highest BCUT2D eigenvalue weighted by Crippen LogP contribution is 2.15. The van der Waals surface area contributed by atoms with Gasteiger partial charge in [0, 0.05) is 0 Å². The van der Waals surface area contributed by atoms with Gasteiger partial charge in [0.15, 0.2) is 0 Å². The second-order valence-electron chi connectivity index (χ2n) is 4.02. The molecular weight excluding hydrogens is 196 g/mol. The normalized spacial score (nSPS) is 10.3. The molecule has 2 aromatic carbocycles. The van der Waals surface area contributed by atoms with Gasteiger partial charge in [-0.1, -0.05) is 43.3 Å². The fourth-order valence-electron chi connectivity index (χ4n) is 1.79. The SMILES string of the molecule is CCc1ccc(Cc2cccc(O)c2)cc1. The van der Waals surface area contributed by atoms with Crippen LogP contribution in [0.1, 0.15) is 23.6 Å². The fraction of sp³-hybridized carbons (Fsp3) is 0.200. The Labute approximate surface area is 96.4 Å². The zero-order valence-electron chi connectivity index (χ0n) is 9.48. The minimum Gasteiger partial charge on any atom is -0.508 e. The maximum absolute atomic E-state index is 9.37. The lowest BCUT2D eigenvalue weighted by Crippen LogP contribution is -1.88. The standard InChI is InChI=1S/C15H16O/c1-2-12-6-8-13(9-7-12)10-14-4-3-5-15(16)11-14/h3-9,11,16H,2,10H2,1H3. The number of rotatable bonds is 3. The summed E-state index contributed by atoms with van der Waals surface area (Å²) in [6.07, 6.45) is 1.95. The molecule has 0 aliphatic rings. The lowest BCUT2D eigenvalue weighted by molar-refractivity contribution is 0.474. The number of phenols is 1. The molecule has 0 aliphatic carbocycles. The molecule has 0 atom stereocenters. The van der Waals surface area contributed by atoms with Crippen LogP contribution in [0.2, 0.25) is 0 Å². The molecule has 0 fully saturated rings. The Balaban J connectivity index is 2.14. The van der Waals surface area contributed by atoms with Gasteiger partial charge < -0.3 is 5.11 Å². The number of aromatic hydroxyl groups is 1. The van der Waals surface area contributed by atoms with E-state index < -0.39 is 0 Å². The van der Waals surface area contributed by atoms with Crippen LogP contribution >= 0.6 is 0 Å². The van der Waals surface area contributed by atoms with Gasteiger partial charge in [-0.15, -0.1) is 0 Å². The molecule has 16 heavy (non-hydrogen) atoms. The molecule has 0 aliphatic heterocycles. The summed E-state index contributed by atoms with van der Waals surface area (Å²) in [4.78, 5) is 0. The molecule has 2 aromatic rings. The zero-order chi connectivity index (χ0) is 11.4. The summed E-state index contributed by atoms with van der Waals surface area (Å²) < 4.78 is 0. The van der Waals surface area contributed by atoms with Crippen LogP contribution in [0.5, 0.6) is 5.75 Å². The maximum atomic E-state index is 9.37. The topological polar surface area (TPSA) is 20.2 Å². The molecule has 0 unspecified atom stereocenters. The molecule has 0 bridgehead atoms. The molecule has 1 N–H and O–H groups in total. The van der Waals surface area contributed by atoms with Crippen LogP contribution in [-0.4, -0.2) is 5.11 Å². The third-order valence-corrected chi connectivity index (χ3v) is 2.75. The van der Waals surface area contributed by atoms with E-state index in [1.807, 2.05) is 18.2 Å². The van der Waals surface area contributed by atoms with Gasteiger partial charge in [-0.25, -0.2) is 0 Å². The van der Waals surface area contributed by atoms with Gasteiger partial charge in [0.2, 0.25) is 0 Å². The van der Waals surface area contributed by atoms with Gasteiger partial charge in [-0.3, -0.25) is 0 Å². The van der Waals surface area contributed by atoms with Gasteiger partial charge >= 0.3 is 0 Å². The van der Waals surface area contributed by atoms with E-state index in [1.165, 1.54) is 11.1 Å². The number of phenolic OH excluding ortho intramolecular Hbond substituents is 1. The van der Waals surface area contributed by atoms with Crippen molar-refractivity contribution in [3.63, 3.8) is 0 Å². The Kier molecular flexibility index (Phi) is 3.25. The molecule has 0 saturated heterocycles. The predicted molar refractivity (Wildman–Crippen MR) is 66.7 cm³/mol. The minimum atomic E-state index is 0.336. The zero-order valence-corrected chi connectivity index (χ0v) is 9.48. The summed E-state index contributed by atoms with van der Waals surface area (Å²) in [5, 5.41) is 9.37. The summed E-state index contributed by atoms with van der Waals surface area (Å²) >= 11 is 0. The molecule has 0 spiro atoms. The smallest absolute Gasteiger partial charge is 0.115 e.